The second-order valence-corrected chi connectivity index (χ2v) is 7.51. The molecule has 2 saturated carbocycles. The van der Waals surface area contributed by atoms with Gasteiger partial charge in [-0.05, 0) is 0 Å². The Balaban J connectivity index is 1.69. The zero-order valence-electron chi connectivity index (χ0n) is 14.0. The quantitative estimate of drug-likeness (QED) is 0.643. The molecule has 0 N–H and O–H groups in total. The molecule has 2 aliphatic rings. The highest BCUT2D eigenvalue weighted by Gasteiger charge is 2.24. The smallest absolute Gasteiger partial charge is 0.0620 e. The van der Waals surface area contributed by atoms with Gasteiger partial charge < -0.3 is 0 Å². The van der Waals surface area contributed by atoms with Crippen LogP contribution in [0.25, 0.3) is 0 Å². The molecule has 0 atom stereocenters. The standard InChI is InChI=1S/C17H31B4/c18-17(14-10-6-1-2-7-11-15-17)20-21-19-16-12-8-4-3-5-9-13-16/h16H,1-15H2. The summed E-state index contributed by atoms with van der Waals surface area (Å²) >= 11 is 0. The molecular weight excluding hydrogens is 247 g/mol. The van der Waals surface area contributed by atoms with Crippen molar-refractivity contribution in [1.29, 1.82) is 0 Å². The molecule has 0 aliphatic heterocycles. The summed E-state index contributed by atoms with van der Waals surface area (Å²) in [5.41, 5.74) is 0. The molecule has 0 unspecified atom stereocenters. The minimum atomic E-state index is -0.0253. The van der Waals surface area contributed by atoms with E-state index in [4.69, 9.17) is 7.85 Å². The first-order valence-electron chi connectivity index (χ1n) is 9.60. The lowest BCUT2D eigenvalue weighted by atomic mass is 9.09. The largest absolute Gasteiger partial charge is 0.0997 e. The van der Waals surface area contributed by atoms with Crippen LogP contribution in [0.4, 0.5) is 0 Å². The summed E-state index contributed by atoms with van der Waals surface area (Å²) < 4.78 is 0. The molecule has 0 bridgehead atoms. The van der Waals surface area contributed by atoms with Crippen molar-refractivity contribution in [2.24, 2.45) is 0 Å². The zero-order valence-corrected chi connectivity index (χ0v) is 14.0. The monoisotopic (exact) mass is 279 g/mol. The second kappa shape index (κ2) is 10.1. The maximum absolute atomic E-state index is 6.66. The lowest BCUT2D eigenvalue weighted by Gasteiger charge is -2.30. The van der Waals surface area contributed by atoms with Crippen LogP contribution in [0.1, 0.15) is 96.3 Å². The summed E-state index contributed by atoms with van der Waals surface area (Å²) in [6.45, 7) is 0. The van der Waals surface area contributed by atoms with Crippen molar-refractivity contribution in [3.05, 3.63) is 0 Å². The lowest BCUT2D eigenvalue weighted by Crippen LogP contribution is -2.30. The van der Waals surface area contributed by atoms with Crippen molar-refractivity contribution in [2.45, 2.75) is 107 Å². The van der Waals surface area contributed by atoms with Gasteiger partial charge in [0.2, 0.25) is 0 Å². The molecule has 5 radical (unpaired) electrons. The molecule has 2 rings (SSSR count). The molecule has 0 amide bonds. The van der Waals surface area contributed by atoms with Gasteiger partial charge in [-0.2, -0.15) is 0 Å². The Hall–Kier alpha value is 0.260. The van der Waals surface area contributed by atoms with Crippen molar-refractivity contribution in [1.82, 2.24) is 0 Å². The number of rotatable bonds is 4. The fourth-order valence-corrected chi connectivity index (χ4v) is 3.99. The molecule has 0 aromatic carbocycles. The summed E-state index contributed by atoms with van der Waals surface area (Å²) in [7, 11) is 13.8. The number of hydrogen-bond acceptors (Lipinski definition) is 0. The minimum absolute atomic E-state index is 0.0253. The molecule has 2 fully saturated rings. The van der Waals surface area contributed by atoms with E-state index in [1.54, 1.807) is 0 Å². The summed E-state index contributed by atoms with van der Waals surface area (Å²) in [5.74, 6) is 0.807. The van der Waals surface area contributed by atoms with E-state index in [1.807, 2.05) is 0 Å². The Labute approximate surface area is 137 Å². The molecule has 0 aromatic heterocycles. The van der Waals surface area contributed by atoms with E-state index in [9.17, 15) is 0 Å². The SMILES string of the molecule is [B]C1([B][B][B]C2CCCCCCC2)CCCCCCCC1. The van der Waals surface area contributed by atoms with E-state index >= 15 is 0 Å². The van der Waals surface area contributed by atoms with E-state index in [2.05, 4.69) is 21.4 Å². The lowest BCUT2D eigenvalue weighted by molar-refractivity contribution is 0.503. The molecule has 0 spiro atoms. The summed E-state index contributed by atoms with van der Waals surface area (Å²) in [5, 5.41) is -0.0253. The van der Waals surface area contributed by atoms with Gasteiger partial charge in [0, 0.05) is 7.06 Å². The third-order valence-corrected chi connectivity index (χ3v) is 5.50. The van der Waals surface area contributed by atoms with Crippen LogP contribution in [0.5, 0.6) is 0 Å². The maximum atomic E-state index is 6.66. The molecule has 0 heterocycles. The first-order valence-corrected chi connectivity index (χ1v) is 9.60. The van der Waals surface area contributed by atoms with Crippen LogP contribution in [0.3, 0.4) is 0 Å². The second-order valence-electron chi connectivity index (χ2n) is 7.51. The van der Waals surface area contributed by atoms with Crippen molar-refractivity contribution in [2.75, 3.05) is 0 Å². The van der Waals surface area contributed by atoms with Gasteiger partial charge in [-0.15, -0.1) is 0 Å². The maximum Gasteiger partial charge on any atom is 0.0620 e. The first kappa shape index (κ1) is 17.6. The molecule has 4 heteroatoms. The van der Waals surface area contributed by atoms with Crippen LogP contribution in [0.2, 0.25) is 11.0 Å². The predicted molar refractivity (Wildman–Crippen MR) is 98.7 cm³/mol. The Morgan fingerprint density at radius 2 is 1.14 bits per heavy atom. The average molecular weight is 279 g/mol. The molecule has 0 nitrogen and oxygen atoms in total. The van der Waals surface area contributed by atoms with Crippen molar-refractivity contribution >= 4 is 29.2 Å². The Kier molecular flexibility index (Phi) is 8.48. The molecule has 21 heavy (non-hydrogen) atoms. The van der Waals surface area contributed by atoms with Crippen LogP contribution < -0.4 is 0 Å². The summed E-state index contributed by atoms with van der Waals surface area (Å²) in [6.07, 6.45) is 20.5. The first-order chi connectivity index (χ1) is 10.3. The fraction of sp³-hybridized carbons (Fsp3) is 1.00. The summed E-state index contributed by atoms with van der Waals surface area (Å²) in [6, 6.07) is 0. The normalized spacial score (nSPS) is 25.5. The summed E-state index contributed by atoms with van der Waals surface area (Å²) in [4.78, 5) is 0. The van der Waals surface area contributed by atoms with E-state index in [-0.39, 0.29) is 5.21 Å². The van der Waals surface area contributed by atoms with Crippen LogP contribution in [0.15, 0.2) is 0 Å². The highest BCUT2D eigenvalue weighted by Crippen LogP contribution is 2.36. The molecular formula is C17H31B4. The zero-order chi connectivity index (χ0) is 14.8. The van der Waals surface area contributed by atoms with E-state index < -0.39 is 0 Å². The van der Waals surface area contributed by atoms with Crippen molar-refractivity contribution in [3.63, 3.8) is 0 Å². The Bertz CT molecular complexity index is 252. The van der Waals surface area contributed by atoms with Gasteiger partial charge in [-0.1, -0.05) is 107 Å². The Morgan fingerprint density at radius 1 is 0.667 bits per heavy atom. The van der Waals surface area contributed by atoms with Crippen LogP contribution in [-0.2, 0) is 0 Å². The van der Waals surface area contributed by atoms with Crippen LogP contribution in [-0.4, -0.2) is 29.2 Å². The number of hydrogen-bond donors (Lipinski definition) is 0. The van der Waals surface area contributed by atoms with Gasteiger partial charge in [0.1, 0.15) is 0 Å². The van der Waals surface area contributed by atoms with Gasteiger partial charge >= 0.3 is 0 Å². The fourth-order valence-electron chi connectivity index (χ4n) is 3.99. The molecule has 0 saturated heterocycles. The Morgan fingerprint density at radius 3 is 1.71 bits per heavy atom. The van der Waals surface area contributed by atoms with Crippen LogP contribution >= 0.6 is 0 Å². The van der Waals surface area contributed by atoms with Crippen molar-refractivity contribution < 1.29 is 0 Å². The van der Waals surface area contributed by atoms with Crippen molar-refractivity contribution in [3.8, 4) is 0 Å². The van der Waals surface area contributed by atoms with Gasteiger partial charge in [-0.3, -0.25) is 0 Å². The topological polar surface area (TPSA) is 0 Å². The average Bonchev–Trinajstić information content (AvgIpc) is 2.54. The van der Waals surface area contributed by atoms with Crippen LogP contribution in [0, 0.1) is 0 Å². The molecule has 0 aromatic rings. The van der Waals surface area contributed by atoms with Gasteiger partial charge in [-0.25, -0.2) is 0 Å². The van der Waals surface area contributed by atoms with E-state index in [0.29, 0.717) is 0 Å². The van der Waals surface area contributed by atoms with Gasteiger partial charge in [0.05, 0.1) is 22.2 Å². The highest BCUT2D eigenvalue weighted by atomic mass is 14.1. The third kappa shape index (κ3) is 7.38. The highest BCUT2D eigenvalue weighted by molar-refractivity contribution is 7.31. The molecule has 111 valence electrons. The van der Waals surface area contributed by atoms with Gasteiger partial charge in [0.25, 0.3) is 0 Å². The van der Waals surface area contributed by atoms with E-state index in [1.165, 1.54) is 96.3 Å². The van der Waals surface area contributed by atoms with E-state index in [0.717, 1.165) is 5.82 Å². The molecule has 2 aliphatic carbocycles. The predicted octanol–water partition coefficient (Wildman–Crippen LogP) is 4.88. The minimum Gasteiger partial charge on any atom is -0.0997 e. The van der Waals surface area contributed by atoms with Gasteiger partial charge in [0.15, 0.2) is 0 Å². The third-order valence-electron chi connectivity index (χ3n) is 5.50.